The van der Waals surface area contributed by atoms with E-state index in [0.29, 0.717) is 5.92 Å². The van der Waals surface area contributed by atoms with E-state index in [4.69, 9.17) is 0 Å². The van der Waals surface area contributed by atoms with Gasteiger partial charge in [-0.05, 0) is 55.9 Å². The smallest absolute Gasteiger partial charge is 0.251 e. The molecule has 1 aromatic rings. The highest BCUT2D eigenvalue weighted by molar-refractivity contribution is 5.94. The van der Waals surface area contributed by atoms with Gasteiger partial charge in [0.15, 0.2) is 0 Å². The summed E-state index contributed by atoms with van der Waals surface area (Å²) in [5.74, 6) is 0.664. The molecular formula is C20H32N2O. The lowest BCUT2D eigenvalue weighted by Crippen LogP contribution is -2.30. The van der Waals surface area contributed by atoms with Crippen LogP contribution < -0.4 is 10.2 Å². The number of anilines is 1. The van der Waals surface area contributed by atoms with E-state index >= 15 is 0 Å². The number of rotatable bonds is 8. The Bertz CT molecular complexity index is 463. The van der Waals surface area contributed by atoms with Crippen molar-refractivity contribution in [2.24, 2.45) is 5.92 Å². The molecule has 1 saturated heterocycles. The summed E-state index contributed by atoms with van der Waals surface area (Å²) in [6.07, 6.45) is 8.71. The van der Waals surface area contributed by atoms with E-state index in [1.165, 1.54) is 44.2 Å². The summed E-state index contributed by atoms with van der Waals surface area (Å²) in [7, 11) is 0. The van der Waals surface area contributed by atoms with Crippen LogP contribution in [-0.4, -0.2) is 25.5 Å². The van der Waals surface area contributed by atoms with E-state index in [1.54, 1.807) is 0 Å². The minimum absolute atomic E-state index is 0.0603. The monoisotopic (exact) mass is 316 g/mol. The summed E-state index contributed by atoms with van der Waals surface area (Å²) in [5, 5.41) is 3.11. The quantitative estimate of drug-likeness (QED) is 0.759. The van der Waals surface area contributed by atoms with Crippen LogP contribution >= 0.6 is 0 Å². The van der Waals surface area contributed by atoms with Crippen molar-refractivity contribution in [1.82, 2.24) is 5.32 Å². The number of hydrogen-bond acceptors (Lipinski definition) is 2. The zero-order valence-electron chi connectivity index (χ0n) is 14.8. The van der Waals surface area contributed by atoms with Crippen LogP contribution in [0.5, 0.6) is 0 Å². The lowest BCUT2D eigenvalue weighted by molar-refractivity contribution is 0.0946. The molecule has 0 spiro atoms. The third-order valence-corrected chi connectivity index (χ3v) is 4.95. The maximum absolute atomic E-state index is 12.3. The predicted octanol–water partition coefficient (Wildman–Crippen LogP) is 4.62. The van der Waals surface area contributed by atoms with Crippen molar-refractivity contribution in [3.63, 3.8) is 0 Å². The van der Waals surface area contributed by atoms with Gasteiger partial charge in [0, 0.05) is 30.9 Å². The lowest BCUT2D eigenvalue weighted by atomic mass is 9.99. The van der Waals surface area contributed by atoms with Crippen LogP contribution in [0.15, 0.2) is 24.3 Å². The Kier molecular flexibility index (Phi) is 7.44. The Morgan fingerprint density at radius 2 is 1.83 bits per heavy atom. The second-order valence-electron chi connectivity index (χ2n) is 6.72. The highest BCUT2D eigenvalue weighted by atomic mass is 16.1. The number of carbonyl (C=O) groups is 1. The maximum Gasteiger partial charge on any atom is 0.251 e. The fraction of sp³-hybridized carbons (Fsp3) is 0.650. The average molecular weight is 316 g/mol. The second-order valence-corrected chi connectivity index (χ2v) is 6.72. The summed E-state index contributed by atoms with van der Waals surface area (Å²) in [5.41, 5.74) is 2.02. The van der Waals surface area contributed by atoms with Crippen molar-refractivity contribution in [2.45, 2.75) is 58.8 Å². The van der Waals surface area contributed by atoms with Gasteiger partial charge in [0.05, 0.1) is 0 Å². The van der Waals surface area contributed by atoms with Crippen LogP contribution in [-0.2, 0) is 0 Å². The molecule has 0 bridgehead atoms. The molecule has 0 aromatic heterocycles. The number of piperidine rings is 1. The second kappa shape index (κ2) is 9.59. The largest absolute Gasteiger partial charge is 0.372 e. The molecule has 23 heavy (non-hydrogen) atoms. The molecule has 1 aliphatic rings. The number of nitrogens with zero attached hydrogens (tertiary/aromatic N) is 1. The van der Waals surface area contributed by atoms with Gasteiger partial charge in [-0.2, -0.15) is 0 Å². The van der Waals surface area contributed by atoms with Gasteiger partial charge in [0.1, 0.15) is 0 Å². The number of carbonyl (C=O) groups excluding carboxylic acids is 1. The standard InChI is InChI=1S/C20H32N2O/c1-3-5-9-17(4-2)16-21-20(23)18-10-12-19(13-11-18)22-14-7-6-8-15-22/h10-13,17H,3-9,14-16H2,1-2H3,(H,21,23)/t17-/m0/s1. The maximum atomic E-state index is 12.3. The lowest BCUT2D eigenvalue weighted by Gasteiger charge is -2.28. The number of hydrogen-bond donors (Lipinski definition) is 1. The van der Waals surface area contributed by atoms with Crippen LogP contribution in [0.3, 0.4) is 0 Å². The molecule has 1 fully saturated rings. The fourth-order valence-electron chi connectivity index (χ4n) is 3.26. The Labute approximate surface area is 141 Å². The third kappa shape index (κ3) is 5.56. The molecule has 1 heterocycles. The molecule has 3 heteroatoms. The van der Waals surface area contributed by atoms with Crippen LogP contribution in [0.2, 0.25) is 0 Å². The minimum atomic E-state index is 0.0603. The zero-order valence-corrected chi connectivity index (χ0v) is 14.8. The highest BCUT2D eigenvalue weighted by Gasteiger charge is 2.13. The number of benzene rings is 1. The number of nitrogens with one attached hydrogen (secondary N) is 1. The summed E-state index contributed by atoms with van der Waals surface area (Å²) in [4.78, 5) is 14.7. The van der Waals surface area contributed by atoms with Crippen molar-refractivity contribution < 1.29 is 4.79 Å². The first-order valence-electron chi connectivity index (χ1n) is 9.37. The molecule has 1 aromatic carbocycles. The third-order valence-electron chi connectivity index (χ3n) is 4.95. The molecule has 0 radical (unpaired) electrons. The van der Waals surface area contributed by atoms with E-state index in [1.807, 2.05) is 12.1 Å². The van der Waals surface area contributed by atoms with Crippen molar-refractivity contribution in [1.29, 1.82) is 0 Å². The SMILES string of the molecule is CCCC[C@H](CC)CNC(=O)c1ccc(N2CCCCC2)cc1. The molecule has 1 amide bonds. The van der Waals surface area contributed by atoms with E-state index < -0.39 is 0 Å². The van der Waals surface area contributed by atoms with E-state index in [-0.39, 0.29) is 5.91 Å². The van der Waals surface area contributed by atoms with Crippen LogP contribution in [0.25, 0.3) is 0 Å². The van der Waals surface area contributed by atoms with Gasteiger partial charge in [0.2, 0.25) is 0 Å². The van der Waals surface area contributed by atoms with E-state index in [2.05, 4.69) is 36.2 Å². The first-order chi connectivity index (χ1) is 11.2. The summed E-state index contributed by atoms with van der Waals surface area (Å²) >= 11 is 0. The van der Waals surface area contributed by atoms with Gasteiger partial charge in [-0.1, -0.05) is 33.1 Å². The molecule has 0 unspecified atom stereocenters. The molecule has 1 aliphatic heterocycles. The molecular weight excluding hydrogens is 284 g/mol. The molecule has 0 saturated carbocycles. The minimum Gasteiger partial charge on any atom is -0.372 e. The molecule has 128 valence electrons. The Balaban J connectivity index is 1.84. The summed E-state index contributed by atoms with van der Waals surface area (Å²) in [6.45, 7) is 7.50. The first kappa shape index (κ1) is 17.8. The number of amides is 1. The van der Waals surface area contributed by atoms with Gasteiger partial charge in [-0.15, -0.1) is 0 Å². The Hall–Kier alpha value is -1.51. The van der Waals surface area contributed by atoms with E-state index in [0.717, 1.165) is 31.6 Å². The predicted molar refractivity (Wildman–Crippen MR) is 98.1 cm³/mol. The Morgan fingerprint density at radius 1 is 1.13 bits per heavy atom. The average Bonchev–Trinajstić information content (AvgIpc) is 2.62. The van der Waals surface area contributed by atoms with Gasteiger partial charge >= 0.3 is 0 Å². The van der Waals surface area contributed by atoms with Gasteiger partial charge in [0.25, 0.3) is 5.91 Å². The van der Waals surface area contributed by atoms with E-state index in [9.17, 15) is 4.79 Å². The zero-order chi connectivity index (χ0) is 16.5. The topological polar surface area (TPSA) is 32.3 Å². The van der Waals surface area contributed by atoms with Crippen molar-refractivity contribution in [3.05, 3.63) is 29.8 Å². The Morgan fingerprint density at radius 3 is 2.43 bits per heavy atom. The van der Waals surface area contributed by atoms with Gasteiger partial charge in [-0.3, -0.25) is 4.79 Å². The van der Waals surface area contributed by atoms with Crippen LogP contribution in [0.1, 0.15) is 69.2 Å². The van der Waals surface area contributed by atoms with Gasteiger partial charge < -0.3 is 10.2 Å². The van der Waals surface area contributed by atoms with Crippen LogP contribution in [0.4, 0.5) is 5.69 Å². The normalized spacial score (nSPS) is 16.2. The van der Waals surface area contributed by atoms with Crippen molar-refractivity contribution >= 4 is 11.6 Å². The molecule has 1 atom stereocenters. The summed E-state index contributed by atoms with van der Waals surface area (Å²) < 4.78 is 0. The highest BCUT2D eigenvalue weighted by Crippen LogP contribution is 2.20. The van der Waals surface area contributed by atoms with Crippen molar-refractivity contribution in [2.75, 3.05) is 24.5 Å². The molecule has 3 nitrogen and oxygen atoms in total. The van der Waals surface area contributed by atoms with Crippen LogP contribution in [0, 0.1) is 5.92 Å². The molecule has 2 rings (SSSR count). The first-order valence-corrected chi connectivity index (χ1v) is 9.37. The molecule has 1 N–H and O–H groups in total. The summed E-state index contributed by atoms with van der Waals surface area (Å²) in [6, 6.07) is 8.11. The fourth-order valence-corrected chi connectivity index (χ4v) is 3.26. The van der Waals surface area contributed by atoms with Gasteiger partial charge in [-0.25, -0.2) is 0 Å². The number of unbranched alkanes of at least 4 members (excludes halogenated alkanes) is 1. The van der Waals surface area contributed by atoms with Crippen molar-refractivity contribution in [3.8, 4) is 0 Å². The molecule has 0 aliphatic carbocycles.